The fourth-order valence-electron chi connectivity index (χ4n) is 1.75. The minimum Gasteiger partial charge on any atom is -0.357 e. The van der Waals surface area contributed by atoms with Crippen LogP contribution in [0.3, 0.4) is 0 Å². The second-order valence-corrected chi connectivity index (χ2v) is 5.73. The molecule has 2 heterocycles. The van der Waals surface area contributed by atoms with Gasteiger partial charge in [0.25, 0.3) is 5.88 Å². The quantitative estimate of drug-likeness (QED) is 0.747. The van der Waals surface area contributed by atoms with Crippen LogP contribution in [0.2, 0.25) is 0 Å². The first-order valence-electron chi connectivity index (χ1n) is 6.11. The van der Waals surface area contributed by atoms with Crippen molar-refractivity contribution in [3.63, 3.8) is 0 Å². The second-order valence-electron chi connectivity index (χ2n) is 4.19. The number of hydrogen-bond donors (Lipinski definition) is 1. The van der Waals surface area contributed by atoms with Crippen LogP contribution in [0.4, 0.5) is 0 Å². The number of benzene rings is 1. The van der Waals surface area contributed by atoms with Crippen molar-refractivity contribution in [2.75, 3.05) is 0 Å². The molecule has 0 radical (unpaired) electrons. The molecule has 106 valence electrons. The van der Waals surface area contributed by atoms with Gasteiger partial charge in [-0.1, -0.05) is 24.3 Å². The predicted molar refractivity (Wildman–Crippen MR) is 76.1 cm³/mol. The third-order valence-corrected chi connectivity index (χ3v) is 3.96. The monoisotopic (exact) mass is 301 g/mol. The maximum absolute atomic E-state index is 12.1. The molecular formula is C14H11N3O3S. The van der Waals surface area contributed by atoms with E-state index in [2.05, 4.69) is 15.2 Å². The molecule has 0 fully saturated rings. The molecule has 0 aliphatic rings. The van der Waals surface area contributed by atoms with Gasteiger partial charge >= 0.3 is 10.1 Å². The first-order valence-corrected chi connectivity index (χ1v) is 7.52. The lowest BCUT2D eigenvalue weighted by Crippen LogP contribution is -2.09. The Bertz CT molecular complexity index is 830. The van der Waals surface area contributed by atoms with Crippen molar-refractivity contribution in [1.82, 2.24) is 15.2 Å². The van der Waals surface area contributed by atoms with Crippen LogP contribution in [-0.4, -0.2) is 23.6 Å². The highest BCUT2D eigenvalue weighted by molar-refractivity contribution is 7.87. The largest absolute Gasteiger partial charge is 0.357 e. The average molecular weight is 301 g/mol. The normalized spacial score (nSPS) is 11.2. The summed E-state index contributed by atoms with van der Waals surface area (Å²) in [5, 5.41) is 6.53. The fraction of sp³-hybridized carbons (Fsp3) is 0. The lowest BCUT2D eigenvalue weighted by atomic mass is 10.3. The summed E-state index contributed by atoms with van der Waals surface area (Å²) in [5.41, 5.74) is 1.23. The van der Waals surface area contributed by atoms with Crippen LogP contribution in [0.1, 0.15) is 0 Å². The van der Waals surface area contributed by atoms with Crippen molar-refractivity contribution in [2.24, 2.45) is 0 Å². The summed E-state index contributed by atoms with van der Waals surface area (Å²) in [4.78, 5) is 4.22. The molecule has 2 aromatic heterocycles. The molecule has 1 N–H and O–H groups in total. The standard InChI is InChI=1S/C14H11N3O3S/c18-21(19,11-6-2-1-3-7-11)20-14-10-13(16-17-14)12-8-4-5-9-15-12/h1-10H,(H,16,17). The molecule has 0 spiro atoms. The van der Waals surface area contributed by atoms with E-state index in [9.17, 15) is 8.42 Å². The van der Waals surface area contributed by atoms with E-state index < -0.39 is 10.1 Å². The second kappa shape index (κ2) is 5.37. The molecule has 3 aromatic rings. The molecule has 1 aromatic carbocycles. The van der Waals surface area contributed by atoms with Gasteiger partial charge in [0, 0.05) is 12.3 Å². The molecule has 0 aliphatic heterocycles. The maximum atomic E-state index is 12.1. The number of rotatable bonds is 4. The van der Waals surface area contributed by atoms with Crippen molar-refractivity contribution >= 4 is 10.1 Å². The number of aromatic nitrogens is 3. The lowest BCUT2D eigenvalue weighted by Gasteiger charge is -2.02. The van der Waals surface area contributed by atoms with E-state index in [0.29, 0.717) is 11.4 Å². The molecule has 7 heteroatoms. The summed E-state index contributed by atoms with van der Waals surface area (Å²) < 4.78 is 29.1. The number of H-pyrrole nitrogens is 1. The van der Waals surface area contributed by atoms with Crippen LogP contribution in [0.25, 0.3) is 11.4 Å². The average Bonchev–Trinajstić information content (AvgIpc) is 2.97. The third-order valence-electron chi connectivity index (χ3n) is 2.72. The molecule has 0 saturated carbocycles. The number of pyridine rings is 1. The topological polar surface area (TPSA) is 84.9 Å². The molecule has 21 heavy (non-hydrogen) atoms. The van der Waals surface area contributed by atoms with Crippen LogP contribution in [0, 0.1) is 0 Å². The number of aromatic amines is 1. The van der Waals surface area contributed by atoms with E-state index >= 15 is 0 Å². The molecular weight excluding hydrogens is 290 g/mol. The Morgan fingerprint density at radius 3 is 2.48 bits per heavy atom. The Kier molecular flexibility index (Phi) is 3.41. The fourth-order valence-corrected chi connectivity index (χ4v) is 2.64. The van der Waals surface area contributed by atoms with Crippen molar-refractivity contribution < 1.29 is 12.6 Å². The van der Waals surface area contributed by atoms with Crippen LogP contribution in [-0.2, 0) is 10.1 Å². The molecule has 0 amide bonds. The molecule has 6 nitrogen and oxygen atoms in total. The van der Waals surface area contributed by atoms with E-state index in [4.69, 9.17) is 4.18 Å². The Morgan fingerprint density at radius 1 is 1.00 bits per heavy atom. The molecule has 0 aliphatic carbocycles. The van der Waals surface area contributed by atoms with Crippen LogP contribution in [0.5, 0.6) is 5.88 Å². The Balaban J connectivity index is 1.85. The van der Waals surface area contributed by atoms with Gasteiger partial charge in [0.1, 0.15) is 4.90 Å². The summed E-state index contributed by atoms with van der Waals surface area (Å²) >= 11 is 0. The zero-order chi connectivity index (χ0) is 14.7. The van der Waals surface area contributed by atoms with Crippen molar-refractivity contribution in [3.05, 3.63) is 60.8 Å². The van der Waals surface area contributed by atoms with Gasteiger partial charge in [-0.3, -0.25) is 10.1 Å². The number of nitrogens with zero attached hydrogens (tertiary/aromatic N) is 2. The lowest BCUT2D eigenvalue weighted by molar-refractivity contribution is 0.475. The van der Waals surface area contributed by atoms with E-state index in [1.165, 1.54) is 18.2 Å². The minimum atomic E-state index is -3.89. The Morgan fingerprint density at radius 2 is 1.76 bits per heavy atom. The highest BCUT2D eigenvalue weighted by Gasteiger charge is 2.18. The highest BCUT2D eigenvalue weighted by atomic mass is 32.2. The first kappa shape index (κ1) is 13.3. The van der Waals surface area contributed by atoms with Crippen LogP contribution in [0.15, 0.2) is 65.7 Å². The SMILES string of the molecule is O=S(=O)(Oc1cc(-c2ccccn2)[nH]n1)c1ccccc1. The summed E-state index contributed by atoms with van der Waals surface area (Å²) in [5.74, 6) is -0.0282. The van der Waals surface area contributed by atoms with Crippen LogP contribution < -0.4 is 4.18 Å². The third kappa shape index (κ3) is 2.92. The molecule has 0 atom stereocenters. The highest BCUT2D eigenvalue weighted by Crippen LogP contribution is 2.21. The van der Waals surface area contributed by atoms with E-state index in [1.54, 1.807) is 36.5 Å². The summed E-state index contributed by atoms with van der Waals surface area (Å²) in [7, 11) is -3.89. The van der Waals surface area contributed by atoms with Gasteiger partial charge in [-0.15, -0.1) is 5.10 Å². The molecule has 0 bridgehead atoms. The van der Waals surface area contributed by atoms with Crippen LogP contribution >= 0.6 is 0 Å². The van der Waals surface area contributed by atoms with E-state index in [1.807, 2.05) is 6.07 Å². The zero-order valence-electron chi connectivity index (χ0n) is 10.8. The van der Waals surface area contributed by atoms with Crippen molar-refractivity contribution in [2.45, 2.75) is 4.90 Å². The summed E-state index contributed by atoms with van der Waals surface area (Å²) in [6.45, 7) is 0. The summed E-state index contributed by atoms with van der Waals surface area (Å²) in [6, 6.07) is 14.8. The van der Waals surface area contributed by atoms with Gasteiger partial charge in [-0.25, -0.2) is 0 Å². The van der Waals surface area contributed by atoms with Crippen molar-refractivity contribution in [3.8, 4) is 17.3 Å². The predicted octanol–water partition coefficient (Wildman–Crippen LogP) is 2.24. The minimum absolute atomic E-state index is 0.0282. The van der Waals surface area contributed by atoms with Gasteiger partial charge in [0.05, 0.1) is 11.4 Å². The van der Waals surface area contributed by atoms with Gasteiger partial charge in [0.15, 0.2) is 0 Å². The number of hydrogen-bond acceptors (Lipinski definition) is 5. The van der Waals surface area contributed by atoms with Crippen molar-refractivity contribution in [1.29, 1.82) is 0 Å². The summed E-state index contributed by atoms with van der Waals surface area (Å²) in [6.07, 6.45) is 1.64. The zero-order valence-corrected chi connectivity index (χ0v) is 11.6. The smallest absolute Gasteiger partial charge is 0.340 e. The first-order chi connectivity index (χ1) is 10.1. The molecule has 0 saturated heterocycles. The Labute approximate surface area is 121 Å². The van der Waals surface area contributed by atoms with Gasteiger partial charge in [-0.2, -0.15) is 8.42 Å². The van der Waals surface area contributed by atoms with E-state index in [-0.39, 0.29) is 10.8 Å². The molecule has 0 unspecified atom stereocenters. The van der Waals surface area contributed by atoms with E-state index in [0.717, 1.165) is 0 Å². The van der Waals surface area contributed by atoms with Gasteiger partial charge < -0.3 is 4.18 Å². The van der Waals surface area contributed by atoms with Gasteiger partial charge in [-0.05, 0) is 24.3 Å². The number of nitrogens with one attached hydrogen (secondary N) is 1. The maximum Gasteiger partial charge on any atom is 0.340 e. The Hall–Kier alpha value is -2.67. The molecule has 3 rings (SSSR count). The van der Waals surface area contributed by atoms with Gasteiger partial charge in [0.2, 0.25) is 0 Å².